The maximum Gasteiger partial charge on any atom is 0.227 e. The van der Waals surface area contributed by atoms with Crippen LogP contribution < -0.4 is 5.73 Å². The predicted octanol–water partition coefficient (Wildman–Crippen LogP) is 0.0386. The number of sulfone groups is 1. The highest BCUT2D eigenvalue weighted by Gasteiger charge is 2.32. The largest absolute Gasteiger partial charge is 0.344 e. The van der Waals surface area contributed by atoms with E-state index in [1.807, 2.05) is 0 Å². The highest BCUT2D eigenvalue weighted by atomic mass is 35.5. The van der Waals surface area contributed by atoms with Crippen molar-refractivity contribution >= 4 is 28.2 Å². The summed E-state index contributed by atoms with van der Waals surface area (Å²) in [6, 6.07) is -0.0619. The number of carbonyl (C=O) groups is 1. The van der Waals surface area contributed by atoms with Gasteiger partial charge >= 0.3 is 0 Å². The lowest BCUT2D eigenvalue weighted by atomic mass is 10.0. The average Bonchev–Trinajstić information content (AvgIpc) is 2.58. The molecule has 1 rings (SSSR count). The Labute approximate surface area is 109 Å². The fourth-order valence-corrected chi connectivity index (χ4v) is 2.60. The van der Waals surface area contributed by atoms with Gasteiger partial charge in [-0.25, -0.2) is 8.42 Å². The summed E-state index contributed by atoms with van der Waals surface area (Å²) in [6.07, 6.45) is 3.86. The fraction of sp³-hybridized carbons (Fsp3) is 0.900. The van der Waals surface area contributed by atoms with Crippen LogP contribution in [0.5, 0.6) is 0 Å². The highest BCUT2D eigenvalue weighted by Crippen LogP contribution is 2.25. The van der Waals surface area contributed by atoms with Gasteiger partial charge in [-0.1, -0.05) is 6.42 Å². The van der Waals surface area contributed by atoms with Crippen LogP contribution in [0.25, 0.3) is 0 Å². The highest BCUT2D eigenvalue weighted by molar-refractivity contribution is 7.90. The summed E-state index contributed by atoms with van der Waals surface area (Å²) >= 11 is 0. The van der Waals surface area contributed by atoms with Gasteiger partial charge in [-0.05, 0) is 12.8 Å². The third-order valence-corrected chi connectivity index (χ3v) is 3.98. The van der Waals surface area contributed by atoms with Crippen molar-refractivity contribution in [3.8, 4) is 0 Å². The van der Waals surface area contributed by atoms with Gasteiger partial charge in [-0.3, -0.25) is 4.79 Å². The normalized spacial score (nSPS) is 24.2. The van der Waals surface area contributed by atoms with E-state index in [9.17, 15) is 13.2 Å². The molecule has 0 saturated heterocycles. The molecule has 2 atom stereocenters. The first kappa shape index (κ1) is 16.7. The van der Waals surface area contributed by atoms with Crippen LogP contribution in [0.3, 0.4) is 0 Å². The molecule has 2 unspecified atom stereocenters. The number of hydrogen-bond donors (Lipinski definition) is 1. The summed E-state index contributed by atoms with van der Waals surface area (Å²) < 4.78 is 22.0. The Kier molecular flexibility index (Phi) is 6.43. The Morgan fingerprint density at radius 1 is 1.41 bits per heavy atom. The summed E-state index contributed by atoms with van der Waals surface area (Å²) in [6.45, 7) is 0.251. The molecule has 2 N–H and O–H groups in total. The SMILES string of the molecule is CN(CCS(C)(=O)=O)C(=O)C1CCCC1N.Cl. The van der Waals surface area contributed by atoms with E-state index in [1.165, 1.54) is 11.2 Å². The van der Waals surface area contributed by atoms with Crippen LogP contribution in [0.1, 0.15) is 19.3 Å². The summed E-state index contributed by atoms with van der Waals surface area (Å²) in [7, 11) is -1.38. The molecule has 0 spiro atoms. The number of hydrogen-bond acceptors (Lipinski definition) is 4. The van der Waals surface area contributed by atoms with Gasteiger partial charge in [0, 0.05) is 25.9 Å². The molecule has 0 radical (unpaired) electrons. The van der Waals surface area contributed by atoms with Gasteiger partial charge in [-0.15, -0.1) is 12.4 Å². The molecule has 1 amide bonds. The van der Waals surface area contributed by atoms with Crippen molar-refractivity contribution in [3.05, 3.63) is 0 Å². The van der Waals surface area contributed by atoms with Gasteiger partial charge in [0.15, 0.2) is 0 Å². The third-order valence-electron chi connectivity index (χ3n) is 3.06. The van der Waals surface area contributed by atoms with Crippen LogP contribution in [0.15, 0.2) is 0 Å². The zero-order chi connectivity index (χ0) is 12.3. The second kappa shape index (κ2) is 6.56. The maximum atomic E-state index is 11.9. The van der Waals surface area contributed by atoms with Crippen molar-refractivity contribution in [1.29, 1.82) is 0 Å². The van der Waals surface area contributed by atoms with Crippen LogP contribution in [0.4, 0.5) is 0 Å². The molecule has 0 aromatic rings. The van der Waals surface area contributed by atoms with Gasteiger partial charge in [0.2, 0.25) is 5.91 Å². The number of rotatable bonds is 4. The van der Waals surface area contributed by atoms with E-state index < -0.39 is 9.84 Å². The van der Waals surface area contributed by atoms with Crippen molar-refractivity contribution < 1.29 is 13.2 Å². The molecule has 1 aliphatic rings. The first-order chi connectivity index (χ1) is 7.31. The van der Waals surface area contributed by atoms with E-state index in [0.29, 0.717) is 0 Å². The molecule has 102 valence electrons. The summed E-state index contributed by atoms with van der Waals surface area (Å²) in [5, 5.41) is 0. The van der Waals surface area contributed by atoms with Crippen molar-refractivity contribution in [2.45, 2.75) is 25.3 Å². The lowest BCUT2D eigenvalue weighted by molar-refractivity contribution is -0.134. The summed E-state index contributed by atoms with van der Waals surface area (Å²) in [5.41, 5.74) is 5.83. The molecule has 0 aromatic heterocycles. The second-order valence-corrected chi connectivity index (χ2v) is 6.85. The zero-order valence-electron chi connectivity index (χ0n) is 10.3. The van der Waals surface area contributed by atoms with E-state index in [-0.39, 0.29) is 42.6 Å². The first-order valence-electron chi connectivity index (χ1n) is 5.49. The van der Waals surface area contributed by atoms with Crippen molar-refractivity contribution in [3.63, 3.8) is 0 Å². The van der Waals surface area contributed by atoms with Crippen LogP contribution in [-0.4, -0.2) is 50.9 Å². The van der Waals surface area contributed by atoms with Crippen molar-refractivity contribution in [2.75, 3.05) is 25.6 Å². The van der Waals surface area contributed by atoms with Gasteiger partial charge in [-0.2, -0.15) is 0 Å². The Morgan fingerprint density at radius 3 is 2.41 bits per heavy atom. The number of amides is 1. The standard InChI is InChI=1S/C10H20N2O3S.ClH/c1-12(6-7-16(2,14)15)10(13)8-4-3-5-9(8)11;/h8-9H,3-7,11H2,1-2H3;1H. The Morgan fingerprint density at radius 2 is 2.00 bits per heavy atom. The lowest BCUT2D eigenvalue weighted by Gasteiger charge is -2.23. The van der Waals surface area contributed by atoms with Crippen LogP contribution >= 0.6 is 12.4 Å². The van der Waals surface area contributed by atoms with Gasteiger partial charge in [0.05, 0.1) is 11.7 Å². The van der Waals surface area contributed by atoms with Crippen LogP contribution in [0.2, 0.25) is 0 Å². The number of nitrogens with zero attached hydrogens (tertiary/aromatic N) is 1. The molecule has 0 heterocycles. The van der Waals surface area contributed by atoms with E-state index in [1.54, 1.807) is 7.05 Å². The molecular weight excluding hydrogens is 264 g/mol. The molecule has 17 heavy (non-hydrogen) atoms. The van der Waals surface area contributed by atoms with Crippen LogP contribution in [-0.2, 0) is 14.6 Å². The first-order valence-corrected chi connectivity index (χ1v) is 7.55. The van der Waals surface area contributed by atoms with E-state index in [0.717, 1.165) is 19.3 Å². The van der Waals surface area contributed by atoms with E-state index >= 15 is 0 Å². The Balaban J connectivity index is 0.00000256. The monoisotopic (exact) mass is 284 g/mol. The minimum absolute atomic E-state index is 0. The molecule has 0 aliphatic heterocycles. The topological polar surface area (TPSA) is 80.5 Å². The number of nitrogens with two attached hydrogens (primary N) is 1. The predicted molar refractivity (Wildman–Crippen MR) is 69.9 cm³/mol. The molecular formula is C10H21ClN2O3S. The lowest BCUT2D eigenvalue weighted by Crippen LogP contribution is -2.41. The summed E-state index contributed by atoms with van der Waals surface area (Å²) in [4.78, 5) is 13.4. The summed E-state index contributed by atoms with van der Waals surface area (Å²) in [5.74, 6) is -0.129. The fourth-order valence-electron chi connectivity index (χ4n) is 1.99. The molecule has 0 aromatic carbocycles. The Bertz CT molecular complexity index is 359. The zero-order valence-corrected chi connectivity index (χ0v) is 11.9. The van der Waals surface area contributed by atoms with Crippen molar-refractivity contribution in [2.24, 2.45) is 11.7 Å². The minimum Gasteiger partial charge on any atom is -0.344 e. The number of carbonyl (C=O) groups excluding carboxylic acids is 1. The molecule has 1 saturated carbocycles. The molecule has 1 fully saturated rings. The third kappa shape index (κ3) is 5.23. The van der Waals surface area contributed by atoms with E-state index in [4.69, 9.17) is 5.73 Å². The Hall–Kier alpha value is -0.330. The molecule has 5 nitrogen and oxygen atoms in total. The minimum atomic E-state index is -3.01. The van der Waals surface area contributed by atoms with E-state index in [2.05, 4.69) is 0 Å². The maximum absolute atomic E-state index is 11.9. The smallest absolute Gasteiger partial charge is 0.227 e. The van der Waals surface area contributed by atoms with Crippen LogP contribution in [0, 0.1) is 5.92 Å². The van der Waals surface area contributed by atoms with Gasteiger partial charge in [0.1, 0.15) is 9.84 Å². The molecule has 1 aliphatic carbocycles. The average molecular weight is 285 g/mol. The number of halogens is 1. The van der Waals surface area contributed by atoms with Gasteiger partial charge in [0.25, 0.3) is 0 Å². The molecule has 0 bridgehead atoms. The molecule has 7 heteroatoms. The van der Waals surface area contributed by atoms with Gasteiger partial charge < -0.3 is 10.6 Å². The quantitative estimate of drug-likeness (QED) is 0.790. The van der Waals surface area contributed by atoms with Crippen molar-refractivity contribution in [1.82, 2.24) is 4.90 Å². The second-order valence-electron chi connectivity index (χ2n) is 4.59.